The summed E-state index contributed by atoms with van der Waals surface area (Å²) >= 11 is 0. The first-order valence-corrected chi connectivity index (χ1v) is 31.9. The summed E-state index contributed by atoms with van der Waals surface area (Å²) in [6.07, 6.45) is 80.6. The van der Waals surface area contributed by atoms with Gasteiger partial charge in [0.05, 0.1) is 0 Å². The highest BCUT2D eigenvalue weighted by molar-refractivity contribution is 5.71. The van der Waals surface area contributed by atoms with Crippen LogP contribution in [0.1, 0.15) is 323 Å². The van der Waals surface area contributed by atoms with E-state index in [0.29, 0.717) is 19.3 Å². The predicted molar refractivity (Wildman–Crippen MR) is 321 cm³/mol. The lowest BCUT2D eigenvalue weighted by atomic mass is 10.0. The lowest BCUT2D eigenvalue weighted by Gasteiger charge is -2.18. The second-order valence-electron chi connectivity index (χ2n) is 21.3. The molecule has 0 rings (SSSR count). The minimum Gasteiger partial charge on any atom is -0.462 e. The monoisotopic (exact) mass is 1030 g/mol. The van der Waals surface area contributed by atoms with Crippen molar-refractivity contribution in [3.63, 3.8) is 0 Å². The van der Waals surface area contributed by atoms with Crippen LogP contribution in [0.25, 0.3) is 0 Å². The van der Waals surface area contributed by atoms with E-state index in [0.717, 1.165) is 128 Å². The summed E-state index contributed by atoms with van der Waals surface area (Å²) in [6, 6.07) is 0. The molecule has 0 aromatic rings. The molecule has 0 aliphatic heterocycles. The summed E-state index contributed by atoms with van der Waals surface area (Å²) in [5.74, 6) is -0.898. The van der Waals surface area contributed by atoms with Crippen LogP contribution >= 0.6 is 0 Å². The van der Waals surface area contributed by atoms with Gasteiger partial charge in [-0.3, -0.25) is 14.4 Å². The van der Waals surface area contributed by atoms with Crippen LogP contribution in [-0.4, -0.2) is 37.2 Å². The standard InChI is InChI=1S/C68H120O6/c1-4-7-10-13-16-19-22-25-27-29-31-32-33-34-35-37-38-40-43-46-49-52-55-58-61-67(70)73-64-65(63-72-66(69)60-57-54-51-48-45-42-24-21-18-15-12-9-6-3)74-68(71)62-59-56-53-50-47-44-41-39-36-30-28-26-23-20-17-14-11-8-5-2/h8,11-12,15,17,20-21,24,26,28,36,39,65H,4-7,9-10,13-14,16,18-19,22-23,25,27,29-35,37-38,40-64H2,1-3H3/b11-8-,15-12-,20-17-,24-21-,28-26-,39-36-. The normalized spacial score (nSPS) is 12.5. The van der Waals surface area contributed by atoms with Crippen molar-refractivity contribution in [2.24, 2.45) is 0 Å². The number of hydrogen-bond donors (Lipinski definition) is 0. The summed E-state index contributed by atoms with van der Waals surface area (Å²) in [4.78, 5) is 38.3. The molecule has 0 N–H and O–H groups in total. The zero-order valence-electron chi connectivity index (χ0n) is 49.1. The number of esters is 3. The maximum Gasteiger partial charge on any atom is 0.306 e. The quantitative estimate of drug-likeness (QED) is 0.0261. The van der Waals surface area contributed by atoms with E-state index in [1.54, 1.807) is 0 Å². The van der Waals surface area contributed by atoms with Gasteiger partial charge in [-0.15, -0.1) is 0 Å². The van der Waals surface area contributed by atoms with Crippen molar-refractivity contribution >= 4 is 17.9 Å². The van der Waals surface area contributed by atoms with E-state index in [9.17, 15) is 14.4 Å². The maximum atomic E-state index is 12.9. The minimum atomic E-state index is -0.789. The van der Waals surface area contributed by atoms with Crippen molar-refractivity contribution in [2.45, 2.75) is 329 Å². The Kier molecular flexibility index (Phi) is 59.7. The number of carbonyl (C=O) groups excluding carboxylic acids is 3. The molecule has 0 aliphatic rings. The van der Waals surface area contributed by atoms with Crippen molar-refractivity contribution in [1.82, 2.24) is 0 Å². The average molecular weight is 1030 g/mol. The first-order valence-electron chi connectivity index (χ1n) is 31.9. The Bertz CT molecular complexity index is 1370. The summed E-state index contributed by atoms with van der Waals surface area (Å²) in [7, 11) is 0. The van der Waals surface area contributed by atoms with Crippen molar-refractivity contribution in [2.75, 3.05) is 13.2 Å². The molecule has 428 valence electrons. The number of hydrogen-bond acceptors (Lipinski definition) is 6. The van der Waals surface area contributed by atoms with Gasteiger partial charge in [-0.1, -0.05) is 293 Å². The summed E-state index contributed by atoms with van der Waals surface area (Å²) in [6.45, 7) is 6.48. The zero-order valence-corrected chi connectivity index (χ0v) is 49.1. The molecule has 0 aliphatic carbocycles. The number of unbranched alkanes of at least 4 members (excludes halogenated alkanes) is 35. The molecule has 6 heteroatoms. The third kappa shape index (κ3) is 59.7. The minimum absolute atomic E-state index is 0.0833. The second kappa shape index (κ2) is 62.4. The highest BCUT2D eigenvalue weighted by Gasteiger charge is 2.19. The maximum absolute atomic E-state index is 12.9. The van der Waals surface area contributed by atoms with Crippen molar-refractivity contribution in [3.05, 3.63) is 72.9 Å². The molecule has 0 aromatic heterocycles. The van der Waals surface area contributed by atoms with E-state index in [2.05, 4.69) is 93.7 Å². The van der Waals surface area contributed by atoms with Gasteiger partial charge in [-0.2, -0.15) is 0 Å². The largest absolute Gasteiger partial charge is 0.462 e. The molecular formula is C68H120O6. The van der Waals surface area contributed by atoms with Gasteiger partial charge < -0.3 is 14.2 Å². The summed E-state index contributed by atoms with van der Waals surface area (Å²) in [5, 5.41) is 0. The smallest absolute Gasteiger partial charge is 0.306 e. The van der Waals surface area contributed by atoms with E-state index >= 15 is 0 Å². The van der Waals surface area contributed by atoms with E-state index in [1.807, 2.05) is 0 Å². The Hall–Kier alpha value is -3.15. The number of allylic oxidation sites excluding steroid dienone is 12. The van der Waals surface area contributed by atoms with Gasteiger partial charge in [-0.25, -0.2) is 0 Å². The first-order chi connectivity index (χ1) is 36.5. The van der Waals surface area contributed by atoms with Crippen LogP contribution in [0.3, 0.4) is 0 Å². The molecule has 0 saturated heterocycles. The zero-order chi connectivity index (χ0) is 53.6. The van der Waals surface area contributed by atoms with Crippen LogP contribution in [0.5, 0.6) is 0 Å². The van der Waals surface area contributed by atoms with Crippen LogP contribution in [0.2, 0.25) is 0 Å². The predicted octanol–water partition coefficient (Wildman–Crippen LogP) is 21.7. The SMILES string of the molecule is CC/C=C\C/C=C\C/C=C\C/C=C\CCCCCCCCC(=O)OC(COC(=O)CCCCCCC/C=C\C/C=C\CCC)COC(=O)CCCCCCCCCCCCCCCCCCCCCCCCCC. The molecule has 0 bridgehead atoms. The Morgan fingerprint density at radius 2 is 0.554 bits per heavy atom. The lowest BCUT2D eigenvalue weighted by molar-refractivity contribution is -0.167. The van der Waals surface area contributed by atoms with Gasteiger partial charge in [0.15, 0.2) is 6.10 Å². The highest BCUT2D eigenvalue weighted by Crippen LogP contribution is 2.17. The molecule has 0 spiro atoms. The Labute approximate surface area is 459 Å². The molecule has 6 nitrogen and oxygen atoms in total. The molecular weight excluding hydrogens is 913 g/mol. The fourth-order valence-corrected chi connectivity index (χ4v) is 9.18. The molecule has 0 amide bonds. The number of rotatable bonds is 58. The van der Waals surface area contributed by atoms with Crippen LogP contribution in [0.15, 0.2) is 72.9 Å². The number of ether oxygens (including phenoxy) is 3. The van der Waals surface area contributed by atoms with Gasteiger partial charge >= 0.3 is 17.9 Å². The third-order valence-electron chi connectivity index (χ3n) is 13.9. The molecule has 74 heavy (non-hydrogen) atoms. The van der Waals surface area contributed by atoms with Crippen LogP contribution in [0, 0.1) is 0 Å². The number of carbonyl (C=O) groups is 3. The van der Waals surface area contributed by atoms with E-state index in [-0.39, 0.29) is 31.1 Å². The van der Waals surface area contributed by atoms with Gasteiger partial charge in [0.25, 0.3) is 0 Å². The fraction of sp³-hybridized carbons (Fsp3) is 0.779. The van der Waals surface area contributed by atoms with E-state index < -0.39 is 6.10 Å². The Balaban J connectivity index is 4.30. The second-order valence-corrected chi connectivity index (χ2v) is 21.3. The molecule has 1 atom stereocenters. The molecule has 1 unspecified atom stereocenters. The first kappa shape index (κ1) is 70.8. The Morgan fingerprint density at radius 3 is 0.878 bits per heavy atom. The van der Waals surface area contributed by atoms with E-state index in [4.69, 9.17) is 14.2 Å². The molecule has 0 fully saturated rings. The highest BCUT2D eigenvalue weighted by atomic mass is 16.6. The van der Waals surface area contributed by atoms with Crippen molar-refractivity contribution < 1.29 is 28.6 Å². The van der Waals surface area contributed by atoms with Gasteiger partial charge in [0.1, 0.15) is 13.2 Å². The molecule has 0 heterocycles. The topological polar surface area (TPSA) is 78.9 Å². The summed E-state index contributed by atoms with van der Waals surface area (Å²) < 4.78 is 16.9. The Morgan fingerprint density at radius 1 is 0.284 bits per heavy atom. The van der Waals surface area contributed by atoms with Crippen LogP contribution in [-0.2, 0) is 28.6 Å². The molecule has 0 radical (unpaired) electrons. The van der Waals surface area contributed by atoms with Gasteiger partial charge in [0.2, 0.25) is 0 Å². The van der Waals surface area contributed by atoms with E-state index in [1.165, 1.54) is 154 Å². The van der Waals surface area contributed by atoms with Crippen LogP contribution < -0.4 is 0 Å². The van der Waals surface area contributed by atoms with Crippen molar-refractivity contribution in [3.8, 4) is 0 Å². The molecule has 0 saturated carbocycles. The third-order valence-corrected chi connectivity index (χ3v) is 13.9. The van der Waals surface area contributed by atoms with Crippen LogP contribution in [0.4, 0.5) is 0 Å². The van der Waals surface area contributed by atoms with Crippen molar-refractivity contribution in [1.29, 1.82) is 0 Å². The lowest BCUT2D eigenvalue weighted by Crippen LogP contribution is -2.30. The van der Waals surface area contributed by atoms with Gasteiger partial charge in [-0.05, 0) is 83.5 Å². The molecule has 0 aromatic carbocycles. The average Bonchev–Trinajstić information content (AvgIpc) is 3.40. The fourth-order valence-electron chi connectivity index (χ4n) is 9.18. The van der Waals surface area contributed by atoms with Gasteiger partial charge in [0, 0.05) is 19.3 Å². The summed E-state index contributed by atoms with van der Waals surface area (Å²) in [5.41, 5.74) is 0.